The highest BCUT2D eigenvalue weighted by atomic mass is 32.2. The van der Waals surface area contributed by atoms with Crippen molar-refractivity contribution in [3.8, 4) is 0 Å². The van der Waals surface area contributed by atoms with Gasteiger partial charge in [-0.1, -0.05) is 37.3 Å². The molecule has 0 aliphatic carbocycles. The molecule has 0 spiro atoms. The molecule has 20 heavy (non-hydrogen) atoms. The summed E-state index contributed by atoms with van der Waals surface area (Å²) in [7, 11) is -3.63. The van der Waals surface area contributed by atoms with E-state index >= 15 is 0 Å². The summed E-state index contributed by atoms with van der Waals surface area (Å²) < 4.78 is 26.8. The van der Waals surface area contributed by atoms with E-state index in [-0.39, 0.29) is 15.9 Å². The minimum atomic E-state index is -3.63. The largest absolute Gasteiger partial charge is 0.326 e. The first-order chi connectivity index (χ1) is 9.42. The predicted molar refractivity (Wildman–Crippen MR) is 79.1 cm³/mol. The third-order valence-electron chi connectivity index (χ3n) is 2.63. The van der Waals surface area contributed by atoms with E-state index in [0.29, 0.717) is 6.54 Å². The summed E-state index contributed by atoms with van der Waals surface area (Å²) in [5.74, 6) is 0.217. The summed E-state index contributed by atoms with van der Waals surface area (Å²) in [4.78, 5) is 0.177. The monoisotopic (exact) mass is 312 g/mol. The van der Waals surface area contributed by atoms with E-state index in [9.17, 15) is 8.42 Å². The molecule has 8 heteroatoms. The van der Waals surface area contributed by atoms with E-state index in [0.717, 1.165) is 10.6 Å². The smallest absolute Gasteiger partial charge is 0.263 e. The number of aromatic nitrogens is 2. The fraction of sp³-hybridized carbons (Fsp3) is 0.333. The molecule has 0 aliphatic rings. The van der Waals surface area contributed by atoms with Crippen LogP contribution in [0.25, 0.3) is 0 Å². The first kappa shape index (κ1) is 14.9. The Morgan fingerprint density at radius 1 is 1.25 bits per heavy atom. The first-order valence-corrected chi connectivity index (χ1v) is 8.37. The summed E-state index contributed by atoms with van der Waals surface area (Å²) in [6.07, 6.45) is 0. The molecule has 0 amide bonds. The fourth-order valence-electron chi connectivity index (χ4n) is 1.49. The van der Waals surface area contributed by atoms with Crippen molar-refractivity contribution in [2.45, 2.75) is 31.2 Å². The summed E-state index contributed by atoms with van der Waals surface area (Å²) in [6, 6.07) is 6.42. The van der Waals surface area contributed by atoms with Crippen molar-refractivity contribution in [2.75, 3.05) is 4.72 Å². The van der Waals surface area contributed by atoms with Crippen LogP contribution in [0.3, 0.4) is 0 Å². The highest BCUT2D eigenvalue weighted by molar-refractivity contribution is 7.93. The first-order valence-electron chi connectivity index (χ1n) is 6.07. The lowest BCUT2D eigenvalue weighted by atomic mass is 10.2. The standard InChI is InChI=1S/C12H16N4O2S2/c1-8(2)11-14-15-12(19-11)16-20(17,18)10-5-3-9(7-13)4-6-10/h3-6,8H,7,13H2,1-2H3,(H,15,16). The number of nitrogens with two attached hydrogens (primary N) is 1. The van der Waals surface area contributed by atoms with Crippen LogP contribution in [0.15, 0.2) is 29.2 Å². The van der Waals surface area contributed by atoms with Crippen LogP contribution in [-0.2, 0) is 16.6 Å². The molecule has 1 aromatic heterocycles. The van der Waals surface area contributed by atoms with Crippen molar-refractivity contribution in [3.63, 3.8) is 0 Å². The van der Waals surface area contributed by atoms with Crippen molar-refractivity contribution in [3.05, 3.63) is 34.8 Å². The van der Waals surface area contributed by atoms with Crippen molar-refractivity contribution in [1.29, 1.82) is 0 Å². The Labute approximate surface area is 122 Å². The molecule has 0 unspecified atom stereocenters. The Morgan fingerprint density at radius 3 is 2.40 bits per heavy atom. The van der Waals surface area contributed by atoms with E-state index in [1.807, 2.05) is 13.8 Å². The highest BCUT2D eigenvalue weighted by Gasteiger charge is 2.17. The van der Waals surface area contributed by atoms with Crippen LogP contribution in [0.5, 0.6) is 0 Å². The molecule has 0 saturated heterocycles. The van der Waals surface area contributed by atoms with Crippen LogP contribution in [0.2, 0.25) is 0 Å². The van der Waals surface area contributed by atoms with E-state index in [1.54, 1.807) is 12.1 Å². The summed E-state index contributed by atoms with van der Waals surface area (Å²) in [6.45, 7) is 4.33. The third kappa shape index (κ3) is 3.33. The maximum absolute atomic E-state index is 12.2. The summed E-state index contributed by atoms with van der Waals surface area (Å²) in [5, 5.41) is 8.85. The predicted octanol–water partition coefficient (Wildman–Crippen LogP) is 1.92. The van der Waals surface area contributed by atoms with E-state index < -0.39 is 10.0 Å². The molecule has 6 nitrogen and oxygen atoms in total. The lowest BCUT2D eigenvalue weighted by Gasteiger charge is -2.05. The fourth-order valence-corrected chi connectivity index (χ4v) is 3.46. The van der Waals surface area contributed by atoms with Crippen LogP contribution < -0.4 is 10.5 Å². The number of hydrogen-bond donors (Lipinski definition) is 2. The Morgan fingerprint density at radius 2 is 1.90 bits per heavy atom. The lowest BCUT2D eigenvalue weighted by Crippen LogP contribution is -2.13. The molecule has 0 fully saturated rings. The van der Waals surface area contributed by atoms with Crippen molar-refractivity contribution < 1.29 is 8.42 Å². The molecular weight excluding hydrogens is 296 g/mol. The molecule has 0 radical (unpaired) electrons. The molecule has 0 aliphatic heterocycles. The van der Waals surface area contributed by atoms with Crippen LogP contribution >= 0.6 is 11.3 Å². The number of nitrogens with one attached hydrogen (secondary N) is 1. The number of benzene rings is 1. The molecule has 1 heterocycles. The molecule has 0 atom stereocenters. The molecular formula is C12H16N4O2S2. The second kappa shape index (κ2) is 5.86. The molecule has 2 aromatic rings. The van der Waals surface area contributed by atoms with Crippen molar-refractivity contribution in [2.24, 2.45) is 5.73 Å². The zero-order valence-electron chi connectivity index (χ0n) is 11.2. The third-order valence-corrected chi connectivity index (χ3v) is 5.25. The van der Waals surface area contributed by atoms with Gasteiger partial charge >= 0.3 is 0 Å². The highest BCUT2D eigenvalue weighted by Crippen LogP contribution is 2.24. The van der Waals surface area contributed by atoms with Crippen LogP contribution in [-0.4, -0.2) is 18.6 Å². The van der Waals surface area contributed by atoms with E-state index in [2.05, 4.69) is 14.9 Å². The number of hydrogen-bond acceptors (Lipinski definition) is 6. The van der Waals surface area contributed by atoms with Gasteiger partial charge in [0, 0.05) is 12.5 Å². The lowest BCUT2D eigenvalue weighted by molar-refractivity contribution is 0.601. The molecule has 3 N–H and O–H groups in total. The zero-order valence-corrected chi connectivity index (χ0v) is 12.8. The molecule has 108 valence electrons. The van der Waals surface area contributed by atoms with Gasteiger partial charge in [-0.3, -0.25) is 4.72 Å². The molecule has 0 saturated carbocycles. The van der Waals surface area contributed by atoms with Gasteiger partial charge in [0.1, 0.15) is 5.01 Å². The molecule has 2 rings (SSSR count). The second-order valence-corrected chi connectivity index (χ2v) is 7.25. The Bertz CT molecular complexity index is 678. The van der Waals surface area contributed by atoms with Gasteiger partial charge in [0.05, 0.1) is 4.90 Å². The van der Waals surface area contributed by atoms with Crippen molar-refractivity contribution in [1.82, 2.24) is 10.2 Å². The summed E-state index contributed by atoms with van der Waals surface area (Å²) >= 11 is 1.24. The van der Waals surface area contributed by atoms with Gasteiger partial charge in [-0.15, -0.1) is 10.2 Å². The SMILES string of the molecule is CC(C)c1nnc(NS(=O)(=O)c2ccc(CN)cc2)s1. The Kier molecular flexibility index (Phi) is 4.36. The quantitative estimate of drug-likeness (QED) is 0.879. The average molecular weight is 312 g/mol. The van der Waals surface area contributed by atoms with E-state index in [4.69, 9.17) is 5.73 Å². The maximum atomic E-state index is 12.2. The Hall–Kier alpha value is -1.51. The number of sulfonamides is 1. The number of nitrogens with zero attached hydrogens (tertiary/aromatic N) is 2. The minimum Gasteiger partial charge on any atom is -0.326 e. The number of anilines is 1. The van der Waals surface area contributed by atoms with Gasteiger partial charge in [0.15, 0.2) is 0 Å². The topological polar surface area (TPSA) is 98.0 Å². The van der Waals surface area contributed by atoms with Crippen LogP contribution in [0.1, 0.15) is 30.3 Å². The van der Waals surface area contributed by atoms with E-state index in [1.165, 1.54) is 23.5 Å². The zero-order chi connectivity index (χ0) is 14.8. The number of rotatable bonds is 5. The molecule has 1 aromatic carbocycles. The van der Waals surface area contributed by atoms with Crippen molar-refractivity contribution >= 4 is 26.5 Å². The van der Waals surface area contributed by atoms with Gasteiger partial charge in [0.2, 0.25) is 5.13 Å². The normalized spacial score (nSPS) is 11.8. The van der Waals surface area contributed by atoms with Crippen LogP contribution in [0, 0.1) is 0 Å². The average Bonchev–Trinajstić information content (AvgIpc) is 2.87. The van der Waals surface area contributed by atoms with Gasteiger partial charge < -0.3 is 5.73 Å². The minimum absolute atomic E-state index is 0.177. The summed E-state index contributed by atoms with van der Waals surface area (Å²) in [5.41, 5.74) is 6.36. The molecule has 0 bridgehead atoms. The van der Waals surface area contributed by atoms with Gasteiger partial charge in [0.25, 0.3) is 10.0 Å². The second-order valence-electron chi connectivity index (χ2n) is 4.55. The van der Waals surface area contributed by atoms with Crippen LogP contribution in [0.4, 0.5) is 5.13 Å². The van der Waals surface area contributed by atoms with Gasteiger partial charge in [-0.2, -0.15) is 0 Å². The Balaban J connectivity index is 2.21. The van der Waals surface area contributed by atoms with Gasteiger partial charge in [-0.05, 0) is 17.7 Å². The maximum Gasteiger partial charge on any atom is 0.263 e. The van der Waals surface area contributed by atoms with Gasteiger partial charge in [-0.25, -0.2) is 8.42 Å².